The predicted molar refractivity (Wildman–Crippen MR) is 69.6 cm³/mol. The average Bonchev–Trinajstić information content (AvgIpc) is 2.68. The zero-order valence-corrected chi connectivity index (χ0v) is 11.0. The topological polar surface area (TPSA) is 46.1 Å². The Morgan fingerprint density at radius 1 is 1.47 bits per heavy atom. The van der Waals surface area contributed by atoms with Crippen LogP contribution in [0.2, 0.25) is 0 Å². The van der Waals surface area contributed by atoms with Gasteiger partial charge in [0.15, 0.2) is 0 Å². The number of aryl methyl sites for hydroxylation is 1. The van der Waals surface area contributed by atoms with Crippen LogP contribution in [0.3, 0.4) is 0 Å². The van der Waals surface area contributed by atoms with Gasteiger partial charge in [-0.15, -0.1) is 0 Å². The summed E-state index contributed by atoms with van der Waals surface area (Å²) in [6, 6.07) is 4.10. The number of nitrogens with one attached hydrogen (secondary N) is 2. The average molecular weight is 237 g/mol. The Morgan fingerprint density at radius 3 is 2.82 bits per heavy atom. The molecule has 1 aromatic heterocycles. The third kappa shape index (κ3) is 5.54. The standard InChI is InChI=1S/C13H23N3O/c1-11(2)9-15-13(17)6-7-14-10-12-5-4-8-16(12)3/h4-5,8,11,14H,6-7,9-10H2,1-3H3,(H,15,17). The monoisotopic (exact) mass is 237 g/mol. The molecule has 0 bridgehead atoms. The van der Waals surface area contributed by atoms with Crippen LogP contribution in [0.5, 0.6) is 0 Å². The number of rotatable bonds is 7. The molecule has 1 amide bonds. The quantitative estimate of drug-likeness (QED) is 0.702. The van der Waals surface area contributed by atoms with Crippen molar-refractivity contribution in [1.29, 1.82) is 0 Å². The molecule has 0 aliphatic heterocycles. The summed E-state index contributed by atoms with van der Waals surface area (Å²) in [4.78, 5) is 11.4. The summed E-state index contributed by atoms with van der Waals surface area (Å²) in [5.74, 6) is 0.633. The molecule has 4 nitrogen and oxygen atoms in total. The number of carbonyl (C=O) groups excluding carboxylic acids is 1. The van der Waals surface area contributed by atoms with E-state index in [-0.39, 0.29) is 5.91 Å². The lowest BCUT2D eigenvalue weighted by Gasteiger charge is -2.08. The molecular weight excluding hydrogens is 214 g/mol. The lowest BCUT2D eigenvalue weighted by Crippen LogP contribution is -2.30. The maximum Gasteiger partial charge on any atom is 0.221 e. The smallest absolute Gasteiger partial charge is 0.221 e. The molecule has 0 radical (unpaired) electrons. The number of amides is 1. The second-order valence-electron chi connectivity index (χ2n) is 4.74. The summed E-state index contributed by atoms with van der Waals surface area (Å²) >= 11 is 0. The van der Waals surface area contributed by atoms with Crippen molar-refractivity contribution >= 4 is 5.91 Å². The van der Waals surface area contributed by atoms with Gasteiger partial charge >= 0.3 is 0 Å². The molecule has 1 heterocycles. The summed E-state index contributed by atoms with van der Waals surface area (Å²) in [7, 11) is 2.02. The number of hydrogen-bond acceptors (Lipinski definition) is 2. The molecule has 0 aliphatic rings. The summed E-state index contributed by atoms with van der Waals surface area (Å²) in [5.41, 5.74) is 1.23. The van der Waals surface area contributed by atoms with Gasteiger partial charge in [-0.25, -0.2) is 0 Å². The summed E-state index contributed by atoms with van der Waals surface area (Å²) in [6.07, 6.45) is 2.56. The van der Waals surface area contributed by atoms with E-state index in [1.165, 1.54) is 5.69 Å². The Balaban J connectivity index is 2.08. The minimum Gasteiger partial charge on any atom is -0.356 e. The fourth-order valence-electron chi connectivity index (χ4n) is 1.50. The SMILES string of the molecule is CC(C)CNC(=O)CCNCc1cccn1C. The predicted octanol–water partition coefficient (Wildman–Crippen LogP) is 1.28. The van der Waals surface area contributed by atoms with Crippen molar-refractivity contribution in [2.75, 3.05) is 13.1 Å². The molecule has 0 aromatic carbocycles. The zero-order valence-electron chi connectivity index (χ0n) is 11.0. The number of hydrogen-bond donors (Lipinski definition) is 2. The summed E-state index contributed by atoms with van der Waals surface area (Å²) < 4.78 is 2.08. The lowest BCUT2D eigenvalue weighted by molar-refractivity contribution is -0.121. The zero-order chi connectivity index (χ0) is 12.7. The molecule has 0 saturated heterocycles. The van der Waals surface area contributed by atoms with Crippen molar-refractivity contribution in [2.45, 2.75) is 26.8 Å². The van der Waals surface area contributed by atoms with Crippen LogP contribution in [-0.2, 0) is 18.4 Å². The Bertz CT molecular complexity index is 344. The maximum atomic E-state index is 11.4. The molecule has 1 aromatic rings. The molecule has 0 spiro atoms. The molecule has 17 heavy (non-hydrogen) atoms. The first-order valence-electron chi connectivity index (χ1n) is 6.17. The molecule has 4 heteroatoms. The molecule has 96 valence electrons. The maximum absolute atomic E-state index is 11.4. The van der Waals surface area contributed by atoms with Crippen molar-refractivity contribution in [3.63, 3.8) is 0 Å². The minimum absolute atomic E-state index is 0.123. The van der Waals surface area contributed by atoms with Gasteiger partial charge in [-0.2, -0.15) is 0 Å². The first-order chi connectivity index (χ1) is 8.09. The van der Waals surface area contributed by atoms with E-state index in [4.69, 9.17) is 0 Å². The Morgan fingerprint density at radius 2 is 2.24 bits per heavy atom. The molecule has 0 aliphatic carbocycles. The van der Waals surface area contributed by atoms with Crippen LogP contribution >= 0.6 is 0 Å². The first kappa shape index (κ1) is 13.8. The van der Waals surface area contributed by atoms with Gasteiger partial charge in [0.05, 0.1) is 0 Å². The molecule has 0 atom stereocenters. The fourth-order valence-corrected chi connectivity index (χ4v) is 1.50. The van der Waals surface area contributed by atoms with Crippen LogP contribution < -0.4 is 10.6 Å². The van der Waals surface area contributed by atoms with Crippen LogP contribution in [0.4, 0.5) is 0 Å². The highest BCUT2D eigenvalue weighted by Gasteiger charge is 2.02. The van der Waals surface area contributed by atoms with E-state index in [1.54, 1.807) is 0 Å². The Hall–Kier alpha value is -1.29. The van der Waals surface area contributed by atoms with Crippen LogP contribution in [0, 0.1) is 5.92 Å². The Kier molecular flexibility index (Phi) is 5.77. The molecule has 2 N–H and O–H groups in total. The summed E-state index contributed by atoms with van der Waals surface area (Å²) in [5, 5.41) is 6.17. The third-order valence-corrected chi connectivity index (χ3v) is 2.59. The second kappa shape index (κ2) is 7.12. The van der Waals surface area contributed by atoms with Crippen molar-refractivity contribution in [3.05, 3.63) is 24.0 Å². The van der Waals surface area contributed by atoms with Crippen LogP contribution in [0.25, 0.3) is 0 Å². The third-order valence-electron chi connectivity index (χ3n) is 2.59. The highest BCUT2D eigenvalue weighted by Crippen LogP contribution is 1.98. The number of aromatic nitrogens is 1. The van der Waals surface area contributed by atoms with E-state index in [0.29, 0.717) is 12.3 Å². The number of nitrogens with zero attached hydrogens (tertiary/aromatic N) is 1. The largest absolute Gasteiger partial charge is 0.356 e. The van der Waals surface area contributed by atoms with Crippen molar-refractivity contribution in [2.24, 2.45) is 13.0 Å². The van der Waals surface area contributed by atoms with E-state index in [9.17, 15) is 4.79 Å². The van der Waals surface area contributed by atoms with E-state index < -0.39 is 0 Å². The van der Waals surface area contributed by atoms with Gasteiger partial charge in [0.1, 0.15) is 0 Å². The molecule has 1 rings (SSSR count). The lowest BCUT2D eigenvalue weighted by atomic mass is 10.2. The van der Waals surface area contributed by atoms with Gasteiger partial charge in [0, 0.05) is 45.0 Å². The van der Waals surface area contributed by atoms with Crippen molar-refractivity contribution in [1.82, 2.24) is 15.2 Å². The van der Waals surface area contributed by atoms with Gasteiger partial charge in [-0.3, -0.25) is 4.79 Å². The van der Waals surface area contributed by atoms with Gasteiger partial charge in [0.2, 0.25) is 5.91 Å². The van der Waals surface area contributed by atoms with Gasteiger partial charge in [-0.1, -0.05) is 13.8 Å². The van der Waals surface area contributed by atoms with Crippen LogP contribution in [-0.4, -0.2) is 23.6 Å². The van der Waals surface area contributed by atoms with Gasteiger partial charge < -0.3 is 15.2 Å². The molecular formula is C13H23N3O. The molecule has 0 unspecified atom stereocenters. The van der Waals surface area contributed by atoms with E-state index in [0.717, 1.165) is 19.6 Å². The van der Waals surface area contributed by atoms with Crippen LogP contribution in [0.15, 0.2) is 18.3 Å². The highest BCUT2D eigenvalue weighted by molar-refractivity contribution is 5.76. The van der Waals surface area contributed by atoms with E-state index >= 15 is 0 Å². The normalized spacial score (nSPS) is 10.8. The first-order valence-corrected chi connectivity index (χ1v) is 6.17. The Labute approximate surface area is 103 Å². The van der Waals surface area contributed by atoms with Crippen LogP contribution in [0.1, 0.15) is 26.0 Å². The second-order valence-corrected chi connectivity index (χ2v) is 4.74. The van der Waals surface area contributed by atoms with Gasteiger partial charge in [-0.05, 0) is 18.1 Å². The van der Waals surface area contributed by atoms with Gasteiger partial charge in [0.25, 0.3) is 0 Å². The summed E-state index contributed by atoms with van der Waals surface area (Å²) in [6.45, 7) is 6.47. The minimum atomic E-state index is 0.123. The van der Waals surface area contributed by atoms with Crippen molar-refractivity contribution < 1.29 is 4.79 Å². The highest BCUT2D eigenvalue weighted by atomic mass is 16.1. The fraction of sp³-hybridized carbons (Fsp3) is 0.615. The van der Waals surface area contributed by atoms with E-state index in [2.05, 4.69) is 35.1 Å². The molecule has 0 fully saturated rings. The van der Waals surface area contributed by atoms with Crippen molar-refractivity contribution in [3.8, 4) is 0 Å². The molecule has 0 saturated carbocycles. The number of carbonyl (C=O) groups is 1. The van der Waals surface area contributed by atoms with E-state index in [1.807, 2.05) is 19.3 Å².